The van der Waals surface area contributed by atoms with Gasteiger partial charge in [-0.05, 0) is 18.6 Å². The number of anilines is 1. The van der Waals surface area contributed by atoms with E-state index in [1.807, 2.05) is 18.5 Å². The predicted molar refractivity (Wildman–Crippen MR) is 96.0 cm³/mol. The van der Waals surface area contributed by atoms with E-state index in [4.69, 9.17) is 0 Å². The number of aromatic nitrogens is 3. The van der Waals surface area contributed by atoms with Crippen molar-refractivity contribution in [2.75, 3.05) is 11.6 Å². The summed E-state index contributed by atoms with van der Waals surface area (Å²) >= 11 is 0. The molecule has 0 radical (unpaired) electrons. The van der Waals surface area contributed by atoms with Gasteiger partial charge in [0.05, 0.1) is 11.5 Å². The quantitative estimate of drug-likeness (QED) is 0.624. The van der Waals surface area contributed by atoms with Crippen LogP contribution in [-0.4, -0.2) is 40.4 Å². The molecule has 3 rings (SSSR count). The Balaban J connectivity index is 1.89. The fourth-order valence-electron chi connectivity index (χ4n) is 3.04. The molecule has 1 aliphatic rings. The van der Waals surface area contributed by atoms with Crippen molar-refractivity contribution < 1.29 is 13.3 Å². The number of nitrogens with one attached hydrogen (secondary N) is 1. The van der Waals surface area contributed by atoms with E-state index in [9.17, 15) is 18.5 Å². The molecule has 0 saturated carbocycles. The average Bonchev–Trinajstić information content (AvgIpc) is 2.97. The van der Waals surface area contributed by atoms with Gasteiger partial charge in [0.2, 0.25) is 0 Å². The van der Waals surface area contributed by atoms with Crippen LogP contribution < -0.4 is 5.32 Å². The normalized spacial score (nSPS) is 17.2. The van der Waals surface area contributed by atoms with Crippen LogP contribution in [0.25, 0.3) is 0 Å². The third kappa shape index (κ3) is 3.55. The highest BCUT2D eigenvalue weighted by Gasteiger charge is 2.29. The Morgan fingerprint density at radius 3 is 2.73 bits per heavy atom. The standard InChI is InChI=1S/C16H21N5O4S/c1-10(2)16-18-14-8-7-11(9-20(14)19-16)17-12-5-4-6-13(26(3,24)25)15(12)21(22)23/h4-6,10-11,17H,7-9H2,1-3H3. The minimum atomic E-state index is -3.71. The van der Waals surface area contributed by atoms with Crippen LogP contribution in [0.1, 0.15) is 37.8 Å². The largest absolute Gasteiger partial charge is 0.375 e. The number of para-hydroxylation sites is 1. The summed E-state index contributed by atoms with van der Waals surface area (Å²) < 4.78 is 25.6. The maximum Gasteiger partial charge on any atom is 0.310 e. The molecule has 0 spiro atoms. The van der Waals surface area contributed by atoms with Crippen molar-refractivity contribution in [3.8, 4) is 0 Å². The molecule has 10 heteroatoms. The van der Waals surface area contributed by atoms with Crippen molar-refractivity contribution in [2.45, 2.75) is 50.1 Å². The molecule has 1 atom stereocenters. The van der Waals surface area contributed by atoms with Crippen LogP contribution >= 0.6 is 0 Å². The van der Waals surface area contributed by atoms with Crippen molar-refractivity contribution in [1.82, 2.24) is 14.8 Å². The van der Waals surface area contributed by atoms with Gasteiger partial charge in [0.25, 0.3) is 0 Å². The van der Waals surface area contributed by atoms with Crippen LogP contribution in [-0.2, 0) is 22.8 Å². The third-order valence-corrected chi connectivity index (χ3v) is 5.46. The fraction of sp³-hybridized carbons (Fsp3) is 0.500. The topological polar surface area (TPSA) is 120 Å². The molecule has 0 fully saturated rings. The first kappa shape index (κ1) is 18.3. The summed E-state index contributed by atoms with van der Waals surface area (Å²) in [6.45, 7) is 4.57. The average molecular weight is 379 g/mol. The van der Waals surface area contributed by atoms with E-state index in [0.717, 1.165) is 24.3 Å². The summed E-state index contributed by atoms with van der Waals surface area (Å²) in [5.74, 6) is 1.92. The van der Waals surface area contributed by atoms with E-state index >= 15 is 0 Å². The number of aryl methyl sites for hydroxylation is 1. The van der Waals surface area contributed by atoms with Crippen LogP contribution in [0.15, 0.2) is 23.1 Å². The monoisotopic (exact) mass is 379 g/mol. The molecule has 0 saturated heterocycles. The van der Waals surface area contributed by atoms with E-state index < -0.39 is 20.4 Å². The van der Waals surface area contributed by atoms with E-state index in [-0.39, 0.29) is 22.5 Å². The molecule has 1 aromatic heterocycles. The highest BCUT2D eigenvalue weighted by atomic mass is 32.2. The molecular formula is C16H21N5O4S. The Morgan fingerprint density at radius 1 is 1.38 bits per heavy atom. The highest BCUT2D eigenvalue weighted by molar-refractivity contribution is 7.90. The lowest BCUT2D eigenvalue weighted by atomic mass is 10.1. The van der Waals surface area contributed by atoms with Crippen molar-refractivity contribution >= 4 is 21.2 Å². The number of fused-ring (bicyclic) bond motifs is 1. The predicted octanol–water partition coefficient (Wildman–Crippen LogP) is 2.14. The maximum absolute atomic E-state index is 11.9. The van der Waals surface area contributed by atoms with Crippen molar-refractivity contribution in [2.24, 2.45) is 0 Å². The fourth-order valence-corrected chi connectivity index (χ4v) is 3.90. The number of hydrogen-bond acceptors (Lipinski definition) is 7. The van der Waals surface area contributed by atoms with Crippen molar-refractivity contribution in [1.29, 1.82) is 0 Å². The molecular weight excluding hydrogens is 358 g/mol. The molecule has 0 bridgehead atoms. The lowest BCUT2D eigenvalue weighted by molar-refractivity contribution is -0.386. The molecule has 26 heavy (non-hydrogen) atoms. The van der Waals surface area contributed by atoms with Gasteiger partial charge >= 0.3 is 5.69 Å². The minimum Gasteiger partial charge on any atom is -0.375 e. The summed E-state index contributed by atoms with van der Waals surface area (Å²) in [6, 6.07) is 4.19. The number of nitro benzene ring substituents is 1. The number of hydrogen-bond donors (Lipinski definition) is 1. The zero-order chi connectivity index (χ0) is 19.1. The van der Waals surface area contributed by atoms with Gasteiger partial charge in [-0.15, -0.1) is 0 Å². The highest BCUT2D eigenvalue weighted by Crippen LogP contribution is 2.33. The van der Waals surface area contributed by atoms with Gasteiger partial charge in [-0.25, -0.2) is 18.1 Å². The lowest BCUT2D eigenvalue weighted by Gasteiger charge is -2.24. The smallest absolute Gasteiger partial charge is 0.310 e. The van der Waals surface area contributed by atoms with Crippen LogP contribution in [0.5, 0.6) is 0 Å². The Hall–Kier alpha value is -2.49. The second-order valence-electron chi connectivity index (χ2n) is 6.78. The number of rotatable bonds is 5. The SMILES string of the molecule is CC(C)c1nc2n(n1)CC(Nc1cccc(S(C)(=O)=O)c1[N+](=O)[O-])CC2. The van der Waals surface area contributed by atoms with E-state index in [1.165, 1.54) is 18.2 Å². The van der Waals surface area contributed by atoms with E-state index in [0.29, 0.717) is 13.0 Å². The number of nitro groups is 1. The Kier molecular flexibility index (Phi) is 4.70. The molecule has 1 unspecified atom stereocenters. The Labute approximate surface area is 151 Å². The first-order chi connectivity index (χ1) is 12.2. The first-order valence-corrected chi connectivity index (χ1v) is 10.2. The zero-order valence-corrected chi connectivity index (χ0v) is 15.7. The summed E-state index contributed by atoms with van der Waals surface area (Å²) in [6.07, 6.45) is 2.41. The van der Waals surface area contributed by atoms with Crippen LogP contribution in [0, 0.1) is 10.1 Å². The van der Waals surface area contributed by atoms with Gasteiger partial charge in [-0.1, -0.05) is 19.9 Å². The molecule has 1 aromatic carbocycles. The Morgan fingerprint density at radius 2 is 2.12 bits per heavy atom. The Bertz CT molecular complexity index is 952. The summed E-state index contributed by atoms with van der Waals surface area (Å²) in [5.41, 5.74) is -0.210. The molecule has 0 aliphatic carbocycles. The number of sulfone groups is 1. The van der Waals surface area contributed by atoms with Crippen LogP contribution in [0.3, 0.4) is 0 Å². The van der Waals surface area contributed by atoms with Gasteiger partial charge in [0.15, 0.2) is 15.7 Å². The van der Waals surface area contributed by atoms with E-state index in [1.54, 1.807) is 0 Å². The van der Waals surface area contributed by atoms with Gasteiger partial charge < -0.3 is 5.32 Å². The maximum atomic E-state index is 11.9. The van der Waals surface area contributed by atoms with E-state index in [2.05, 4.69) is 15.4 Å². The summed E-state index contributed by atoms with van der Waals surface area (Å²) in [7, 11) is -3.71. The summed E-state index contributed by atoms with van der Waals surface area (Å²) in [4.78, 5) is 15.1. The van der Waals surface area contributed by atoms with Gasteiger partial charge in [-0.3, -0.25) is 10.1 Å². The molecule has 1 aliphatic heterocycles. The molecule has 2 heterocycles. The first-order valence-electron chi connectivity index (χ1n) is 8.34. The molecule has 2 aromatic rings. The molecule has 9 nitrogen and oxygen atoms in total. The van der Waals surface area contributed by atoms with Gasteiger partial charge in [0, 0.05) is 24.6 Å². The third-order valence-electron chi connectivity index (χ3n) is 4.33. The van der Waals surface area contributed by atoms with Gasteiger partial charge in [-0.2, -0.15) is 5.10 Å². The number of benzene rings is 1. The molecule has 140 valence electrons. The van der Waals surface area contributed by atoms with Crippen LogP contribution in [0.2, 0.25) is 0 Å². The number of nitrogens with zero attached hydrogens (tertiary/aromatic N) is 4. The molecule has 1 N–H and O–H groups in total. The van der Waals surface area contributed by atoms with Crippen LogP contribution in [0.4, 0.5) is 11.4 Å². The van der Waals surface area contributed by atoms with Crippen molar-refractivity contribution in [3.63, 3.8) is 0 Å². The minimum absolute atomic E-state index is 0.0993. The van der Waals surface area contributed by atoms with Crippen molar-refractivity contribution in [3.05, 3.63) is 40.0 Å². The van der Waals surface area contributed by atoms with Gasteiger partial charge in [0.1, 0.15) is 16.4 Å². The second kappa shape index (κ2) is 6.67. The lowest BCUT2D eigenvalue weighted by Crippen LogP contribution is -2.32. The zero-order valence-electron chi connectivity index (χ0n) is 14.8. The second-order valence-corrected chi connectivity index (χ2v) is 8.77. The molecule has 0 amide bonds. The summed E-state index contributed by atoms with van der Waals surface area (Å²) in [5, 5.41) is 19.1.